The van der Waals surface area contributed by atoms with Gasteiger partial charge in [-0.1, -0.05) is 79.7 Å². The second-order valence-electron chi connectivity index (χ2n) is 9.60. The smallest absolute Gasteiger partial charge is 0.174 e. The van der Waals surface area contributed by atoms with E-state index in [2.05, 4.69) is 0 Å². The average molecular weight is 533 g/mol. The fourth-order valence-electron chi connectivity index (χ4n) is 4.99. The van der Waals surface area contributed by atoms with Crippen LogP contribution in [0.1, 0.15) is 51.4 Å². The zero-order valence-corrected chi connectivity index (χ0v) is 22.8. The molecule has 0 aliphatic carbocycles. The van der Waals surface area contributed by atoms with Crippen molar-refractivity contribution in [3.05, 3.63) is 117 Å². The lowest BCUT2D eigenvalue weighted by Gasteiger charge is -2.17. The van der Waals surface area contributed by atoms with Crippen molar-refractivity contribution >= 4 is 0 Å². The van der Waals surface area contributed by atoms with E-state index in [4.69, 9.17) is 14.7 Å². The maximum atomic E-state index is 11.3. The maximum Gasteiger partial charge on any atom is 0.174 e. The number of phenols is 2. The minimum absolute atomic E-state index is 0.0494. The number of hydrogen-bond acceptors (Lipinski definition) is 6. The lowest BCUT2D eigenvalue weighted by atomic mass is 9.94. The first-order valence-electron chi connectivity index (χ1n) is 13.2. The zero-order chi connectivity index (χ0) is 28.5. The molecular formula is C34H32N2O4. The first kappa shape index (κ1) is 28.1. The Balaban J connectivity index is 1.67. The Hall–Kier alpha value is -4.94. The van der Waals surface area contributed by atoms with E-state index in [9.17, 15) is 15.5 Å². The van der Waals surface area contributed by atoms with Crippen LogP contribution in [0.2, 0.25) is 0 Å². The Morgan fingerprint density at radius 1 is 0.575 bits per heavy atom. The predicted molar refractivity (Wildman–Crippen MR) is 154 cm³/mol. The molecule has 0 fully saturated rings. The summed E-state index contributed by atoms with van der Waals surface area (Å²) in [6.45, 7) is 3.77. The molecule has 0 heterocycles. The van der Waals surface area contributed by atoms with E-state index >= 15 is 0 Å². The fourth-order valence-corrected chi connectivity index (χ4v) is 4.99. The summed E-state index contributed by atoms with van der Waals surface area (Å²) in [6.07, 6.45) is 1.99. The molecule has 0 saturated carbocycles. The highest BCUT2D eigenvalue weighted by molar-refractivity contribution is 5.53. The molecule has 0 aliphatic heterocycles. The second kappa shape index (κ2) is 13.2. The molecule has 4 aromatic rings. The minimum Gasteiger partial charge on any atom is -0.507 e. The topological polar surface area (TPSA) is 107 Å². The molecule has 0 amide bonds. The van der Waals surface area contributed by atoms with E-state index in [1.807, 2.05) is 98.8 Å². The summed E-state index contributed by atoms with van der Waals surface area (Å²) < 4.78 is 11.6. The molecular weight excluding hydrogens is 500 g/mol. The third-order valence-electron chi connectivity index (χ3n) is 6.96. The SMILES string of the molecule is CCc1cccc(Cc2cccc(Cc3cccc(Cc4cccc(C)c4OCC#N)c3O)c2OCC#N)c1O. The van der Waals surface area contributed by atoms with Gasteiger partial charge in [0.15, 0.2) is 13.2 Å². The van der Waals surface area contributed by atoms with Crippen molar-refractivity contribution in [2.45, 2.75) is 39.5 Å². The Bertz CT molecular complexity index is 1580. The van der Waals surface area contributed by atoms with Crippen LogP contribution < -0.4 is 9.47 Å². The van der Waals surface area contributed by atoms with Gasteiger partial charge in [0.2, 0.25) is 0 Å². The van der Waals surface area contributed by atoms with Crippen molar-refractivity contribution in [1.82, 2.24) is 0 Å². The van der Waals surface area contributed by atoms with Crippen LogP contribution in [0, 0.1) is 29.6 Å². The van der Waals surface area contributed by atoms with Gasteiger partial charge in [0.25, 0.3) is 0 Å². The zero-order valence-electron chi connectivity index (χ0n) is 22.8. The van der Waals surface area contributed by atoms with Crippen LogP contribution >= 0.6 is 0 Å². The monoisotopic (exact) mass is 532 g/mol. The van der Waals surface area contributed by atoms with Crippen LogP contribution in [0.25, 0.3) is 0 Å². The number of para-hydroxylation sites is 4. The van der Waals surface area contributed by atoms with Crippen LogP contribution in [-0.2, 0) is 25.7 Å². The summed E-state index contributed by atoms with van der Waals surface area (Å²) in [7, 11) is 0. The molecule has 0 bridgehead atoms. The fraction of sp³-hybridized carbons (Fsp3) is 0.235. The van der Waals surface area contributed by atoms with Crippen LogP contribution in [0.4, 0.5) is 0 Å². The van der Waals surface area contributed by atoms with Crippen LogP contribution in [-0.4, -0.2) is 23.4 Å². The van der Waals surface area contributed by atoms with Gasteiger partial charge in [0.05, 0.1) is 0 Å². The number of benzene rings is 4. The van der Waals surface area contributed by atoms with Gasteiger partial charge >= 0.3 is 0 Å². The standard InChI is InChI=1S/C34H32N2O4/c1-3-24-9-5-10-25(31(24)37)21-29-14-7-15-30(34(29)40-19-17-36)22-27-12-6-11-26(32(27)38)20-28-13-4-8-23(2)33(28)39-18-16-35/h4-15,37-38H,3,18-22H2,1-2H3. The van der Waals surface area contributed by atoms with Crippen molar-refractivity contribution in [3.63, 3.8) is 0 Å². The van der Waals surface area contributed by atoms with E-state index in [1.165, 1.54) is 0 Å². The summed E-state index contributed by atoms with van der Waals surface area (Å²) >= 11 is 0. The van der Waals surface area contributed by atoms with Crippen LogP contribution in [0.15, 0.2) is 72.8 Å². The van der Waals surface area contributed by atoms with E-state index in [1.54, 1.807) is 0 Å². The molecule has 4 aromatic carbocycles. The van der Waals surface area contributed by atoms with Gasteiger partial charge in [-0.3, -0.25) is 0 Å². The van der Waals surface area contributed by atoms with Crippen LogP contribution in [0.5, 0.6) is 23.0 Å². The van der Waals surface area contributed by atoms with Gasteiger partial charge in [0.1, 0.15) is 35.1 Å². The quantitative estimate of drug-likeness (QED) is 0.227. The summed E-state index contributed by atoms with van der Waals surface area (Å²) in [6, 6.07) is 27.0. The normalized spacial score (nSPS) is 10.5. The van der Waals surface area contributed by atoms with E-state index < -0.39 is 0 Å². The first-order chi connectivity index (χ1) is 19.5. The molecule has 4 rings (SSSR count). The molecule has 6 heteroatoms. The van der Waals surface area contributed by atoms with Gasteiger partial charge < -0.3 is 19.7 Å². The van der Waals surface area contributed by atoms with E-state index in [-0.39, 0.29) is 24.7 Å². The molecule has 0 spiro atoms. The third kappa shape index (κ3) is 6.37. The van der Waals surface area contributed by atoms with E-state index in [0.717, 1.165) is 50.9 Å². The Labute approximate surface area is 235 Å². The maximum absolute atomic E-state index is 11.3. The largest absolute Gasteiger partial charge is 0.507 e. The Kier molecular flexibility index (Phi) is 9.28. The number of aryl methyl sites for hydroxylation is 2. The van der Waals surface area contributed by atoms with Crippen molar-refractivity contribution in [2.75, 3.05) is 13.2 Å². The Morgan fingerprint density at radius 3 is 1.43 bits per heavy atom. The Morgan fingerprint density at radius 2 is 0.950 bits per heavy atom. The third-order valence-corrected chi connectivity index (χ3v) is 6.96. The molecule has 2 N–H and O–H groups in total. The highest BCUT2D eigenvalue weighted by Crippen LogP contribution is 2.35. The summed E-state index contributed by atoms with van der Waals surface area (Å²) in [5.41, 5.74) is 6.62. The molecule has 0 saturated heterocycles. The van der Waals surface area contributed by atoms with Crippen molar-refractivity contribution in [2.24, 2.45) is 0 Å². The number of hydrogen-bond donors (Lipinski definition) is 2. The molecule has 202 valence electrons. The number of nitrogens with zero attached hydrogens (tertiary/aromatic N) is 2. The van der Waals surface area contributed by atoms with E-state index in [0.29, 0.717) is 30.8 Å². The summed E-state index contributed by atoms with van der Waals surface area (Å²) in [4.78, 5) is 0. The number of rotatable bonds is 11. The first-order valence-corrected chi connectivity index (χ1v) is 13.2. The van der Waals surface area contributed by atoms with Crippen molar-refractivity contribution < 1.29 is 19.7 Å². The molecule has 0 aliphatic rings. The lowest BCUT2D eigenvalue weighted by Crippen LogP contribution is -2.04. The molecule has 0 radical (unpaired) electrons. The number of ether oxygens (including phenoxy) is 2. The van der Waals surface area contributed by atoms with Gasteiger partial charge in [-0.2, -0.15) is 10.5 Å². The molecule has 40 heavy (non-hydrogen) atoms. The molecule has 6 nitrogen and oxygen atoms in total. The van der Waals surface area contributed by atoms with Crippen molar-refractivity contribution in [3.8, 4) is 35.1 Å². The van der Waals surface area contributed by atoms with Crippen molar-refractivity contribution in [1.29, 1.82) is 10.5 Å². The number of nitriles is 2. The molecule has 0 unspecified atom stereocenters. The van der Waals surface area contributed by atoms with Gasteiger partial charge in [-0.25, -0.2) is 0 Å². The summed E-state index contributed by atoms with van der Waals surface area (Å²) in [5.74, 6) is 1.70. The highest BCUT2D eigenvalue weighted by Gasteiger charge is 2.17. The van der Waals surface area contributed by atoms with Gasteiger partial charge in [0, 0.05) is 19.3 Å². The molecule has 0 aromatic heterocycles. The predicted octanol–water partition coefficient (Wildman–Crippen LogP) is 6.55. The number of phenolic OH excluding ortho intramolecular Hbond substituents is 2. The summed E-state index contributed by atoms with van der Waals surface area (Å²) in [5, 5.41) is 40.3. The number of aromatic hydroxyl groups is 2. The second-order valence-corrected chi connectivity index (χ2v) is 9.60. The highest BCUT2D eigenvalue weighted by atomic mass is 16.5. The van der Waals surface area contributed by atoms with Gasteiger partial charge in [-0.05, 0) is 57.9 Å². The van der Waals surface area contributed by atoms with Gasteiger partial charge in [-0.15, -0.1) is 0 Å². The lowest BCUT2D eigenvalue weighted by molar-refractivity contribution is 0.360. The minimum atomic E-state index is -0.115. The average Bonchev–Trinajstić information content (AvgIpc) is 2.95. The van der Waals surface area contributed by atoms with Crippen LogP contribution in [0.3, 0.4) is 0 Å². The molecule has 0 atom stereocenters.